The summed E-state index contributed by atoms with van der Waals surface area (Å²) in [7, 11) is -3.53. The van der Waals surface area contributed by atoms with Gasteiger partial charge in [0.25, 0.3) is 0 Å². The van der Waals surface area contributed by atoms with E-state index in [0.717, 1.165) is 0 Å². The van der Waals surface area contributed by atoms with Crippen molar-refractivity contribution < 1.29 is 18.0 Å². The zero-order valence-corrected chi connectivity index (χ0v) is 8.13. The molecule has 1 unspecified atom stereocenters. The number of nitrogens with one attached hydrogen (secondary N) is 2. The number of imide groups is 1. The lowest BCUT2D eigenvalue weighted by Gasteiger charge is -2.07. The molecule has 2 amide bonds. The van der Waals surface area contributed by atoms with Crippen molar-refractivity contribution in [2.75, 3.05) is 12.3 Å². The predicted octanol–water partition coefficient (Wildman–Crippen LogP) is -2.72. The van der Waals surface area contributed by atoms with Crippen molar-refractivity contribution in [1.29, 1.82) is 0 Å². The lowest BCUT2D eigenvalue weighted by atomic mass is 10.2. The predicted molar refractivity (Wildman–Crippen MR) is 47.5 cm³/mol. The zero-order chi connectivity index (χ0) is 10.8. The number of sulfonamides is 1. The lowest BCUT2D eigenvalue weighted by molar-refractivity contribution is -0.125. The first-order valence-electron chi connectivity index (χ1n) is 3.96. The molecule has 0 aliphatic carbocycles. The Bertz CT molecular complexity index is 350. The Balaban J connectivity index is 2.33. The number of primary sulfonamides is 1. The molecule has 8 heteroatoms. The van der Waals surface area contributed by atoms with E-state index in [2.05, 4.69) is 10.6 Å². The zero-order valence-electron chi connectivity index (χ0n) is 7.32. The van der Waals surface area contributed by atoms with Crippen LogP contribution >= 0.6 is 0 Å². The molecule has 1 aliphatic rings. The third-order valence-electron chi connectivity index (χ3n) is 1.75. The van der Waals surface area contributed by atoms with Crippen molar-refractivity contribution in [3.05, 3.63) is 0 Å². The second-order valence-electron chi connectivity index (χ2n) is 2.99. The summed E-state index contributed by atoms with van der Waals surface area (Å²) in [5.41, 5.74) is 0. The average Bonchev–Trinajstić information content (AvgIpc) is 2.27. The van der Waals surface area contributed by atoms with E-state index in [4.69, 9.17) is 5.14 Å². The van der Waals surface area contributed by atoms with Gasteiger partial charge in [-0.05, 0) is 0 Å². The van der Waals surface area contributed by atoms with Gasteiger partial charge < -0.3 is 5.32 Å². The van der Waals surface area contributed by atoms with Gasteiger partial charge in [-0.25, -0.2) is 13.6 Å². The van der Waals surface area contributed by atoms with Crippen molar-refractivity contribution in [1.82, 2.24) is 10.6 Å². The first-order valence-corrected chi connectivity index (χ1v) is 5.67. The summed E-state index contributed by atoms with van der Waals surface area (Å²) in [5, 5.41) is 9.47. The number of carbonyl (C=O) groups excluding carboxylic acids is 2. The molecule has 1 aliphatic heterocycles. The van der Waals surface area contributed by atoms with Gasteiger partial charge in [0.15, 0.2) is 0 Å². The van der Waals surface area contributed by atoms with Crippen molar-refractivity contribution >= 4 is 21.8 Å². The molecule has 14 heavy (non-hydrogen) atoms. The van der Waals surface area contributed by atoms with Gasteiger partial charge in [-0.3, -0.25) is 14.9 Å². The van der Waals surface area contributed by atoms with E-state index in [1.807, 2.05) is 0 Å². The fourth-order valence-electron chi connectivity index (χ4n) is 1.09. The number of carbonyl (C=O) groups is 2. The molecular formula is C6H11N3O4S. The molecule has 0 spiro atoms. The first-order chi connectivity index (χ1) is 6.38. The minimum atomic E-state index is -3.53. The summed E-state index contributed by atoms with van der Waals surface area (Å²) >= 11 is 0. The van der Waals surface area contributed by atoms with E-state index in [9.17, 15) is 18.0 Å². The van der Waals surface area contributed by atoms with Gasteiger partial charge in [0.1, 0.15) is 0 Å². The summed E-state index contributed by atoms with van der Waals surface area (Å²) in [6.07, 6.45) is 0.0451. The Kier molecular flexibility index (Phi) is 3.19. The van der Waals surface area contributed by atoms with Crippen LogP contribution in [0, 0.1) is 0 Å². The quantitative estimate of drug-likeness (QED) is 0.446. The van der Waals surface area contributed by atoms with Crippen LogP contribution in [0.1, 0.15) is 6.42 Å². The maximum atomic E-state index is 11.0. The van der Waals surface area contributed by atoms with Gasteiger partial charge in [-0.15, -0.1) is 0 Å². The summed E-state index contributed by atoms with van der Waals surface area (Å²) in [5.74, 6) is -1.04. The first kappa shape index (κ1) is 11.1. The molecule has 0 saturated carbocycles. The fraction of sp³-hybridized carbons (Fsp3) is 0.667. The highest BCUT2D eigenvalue weighted by Crippen LogP contribution is 2.00. The summed E-state index contributed by atoms with van der Waals surface area (Å²) < 4.78 is 21.0. The van der Waals surface area contributed by atoms with E-state index >= 15 is 0 Å². The van der Waals surface area contributed by atoms with Crippen LogP contribution in [-0.4, -0.2) is 38.6 Å². The maximum Gasteiger partial charge on any atom is 0.244 e. The molecule has 80 valence electrons. The molecular weight excluding hydrogens is 210 g/mol. The Morgan fingerprint density at radius 1 is 1.50 bits per heavy atom. The van der Waals surface area contributed by atoms with Crippen molar-refractivity contribution in [2.24, 2.45) is 5.14 Å². The van der Waals surface area contributed by atoms with Gasteiger partial charge >= 0.3 is 0 Å². The Hall–Kier alpha value is -0.990. The van der Waals surface area contributed by atoms with Crippen LogP contribution < -0.4 is 15.8 Å². The summed E-state index contributed by atoms with van der Waals surface area (Å²) in [6, 6.07) is -0.635. The van der Waals surface area contributed by atoms with Crippen molar-refractivity contribution in [3.63, 3.8) is 0 Å². The van der Waals surface area contributed by atoms with Gasteiger partial charge in [-0.2, -0.15) is 0 Å². The summed E-state index contributed by atoms with van der Waals surface area (Å²) in [4.78, 5) is 21.7. The van der Waals surface area contributed by atoms with Crippen LogP contribution in [-0.2, 0) is 19.6 Å². The van der Waals surface area contributed by atoms with Gasteiger partial charge in [0, 0.05) is 6.54 Å². The van der Waals surface area contributed by atoms with Gasteiger partial charge in [0.05, 0.1) is 18.2 Å². The topological polar surface area (TPSA) is 118 Å². The third kappa shape index (κ3) is 3.40. The number of hydrogen-bond donors (Lipinski definition) is 3. The Morgan fingerprint density at radius 3 is 2.57 bits per heavy atom. The molecule has 0 aromatic heterocycles. The number of hydrogen-bond acceptors (Lipinski definition) is 5. The van der Waals surface area contributed by atoms with Gasteiger partial charge in [-0.1, -0.05) is 0 Å². The van der Waals surface area contributed by atoms with E-state index in [1.54, 1.807) is 0 Å². The van der Waals surface area contributed by atoms with E-state index in [1.165, 1.54) is 0 Å². The normalized spacial score (nSPS) is 22.5. The minimum absolute atomic E-state index is 0.0451. The SMILES string of the molecule is NS(=O)(=O)CCNC1CC(=O)NC1=O. The molecule has 1 fully saturated rings. The smallest absolute Gasteiger partial charge is 0.244 e. The van der Waals surface area contributed by atoms with Crippen LogP contribution in [0.2, 0.25) is 0 Å². The largest absolute Gasteiger partial charge is 0.304 e. The lowest BCUT2D eigenvalue weighted by Crippen LogP contribution is -2.39. The molecule has 1 saturated heterocycles. The third-order valence-corrected chi connectivity index (χ3v) is 2.52. The average molecular weight is 221 g/mol. The van der Waals surface area contributed by atoms with Crippen LogP contribution in [0.5, 0.6) is 0 Å². The standard InChI is InChI=1S/C6H11N3O4S/c7-14(12,13)2-1-8-4-3-5(10)9-6(4)11/h4,8H,1-3H2,(H2,7,12,13)(H,9,10,11). The highest BCUT2D eigenvalue weighted by molar-refractivity contribution is 7.89. The van der Waals surface area contributed by atoms with Crippen molar-refractivity contribution in [3.8, 4) is 0 Å². The molecule has 0 aromatic carbocycles. The van der Waals surface area contributed by atoms with Crippen LogP contribution in [0.15, 0.2) is 0 Å². The molecule has 7 nitrogen and oxygen atoms in total. The van der Waals surface area contributed by atoms with Gasteiger partial charge in [0.2, 0.25) is 21.8 Å². The number of rotatable bonds is 4. The molecule has 0 aromatic rings. The highest BCUT2D eigenvalue weighted by atomic mass is 32.2. The molecule has 0 radical (unpaired) electrons. The molecule has 4 N–H and O–H groups in total. The van der Waals surface area contributed by atoms with Crippen molar-refractivity contribution in [2.45, 2.75) is 12.5 Å². The second kappa shape index (κ2) is 4.03. The summed E-state index contributed by atoms with van der Waals surface area (Å²) in [6.45, 7) is 0.0597. The molecule has 1 heterocycles. The Labute approximate surface area is 81.1 Å². The van der Waals surface area contributed by atoms with Crippen LogP contribution in [0.4, 0.5) is 0 Å². The highest BCUT2D eigenvalue weighted by Gasteiger charge is 2.29. The maximum absolute atomic E-state index is 11.0. The van der Waals surface area contributed by atoms with E-state index in [-0.39, 0.29) is 24.6 Å². The minimum Gasteiger partial charge on any atom is -0.304 e. The molecule has 1 rings (SSSR count). The van der Waals surface area contributed by atoms with E-state index in [0.29, 0.717) is 0 Å². The molecule has 0 bridgehead atoms. The monoisotopic (exact) mass is 221 g/mol. The number of nitrogens with two attached hydrogens (primary N) is 1. The second-order valence-corrected chi connectivity index (χ2v) is 4.72. The van der Waals surface area contributed by atoms with Crippen LogP contribution in [0.25, 0.3) is 0 Å². The number of amides is 2. The van der Waals surface area contributed by atoms with Crippen LogP contribution in [0.3, 0.4) is 0 Å². The molecule has 1 atom stereocenters. The fourth-order valence-corrected chi connectivity index (χ4v) is 1.50. The Morgan fingerprint density at radius 2 is 2.14 bits per heavy atom. The van der Waals surface area contributed by atoms with E-state index < -0.39 is 22.0 Å².